The number of hydrogen-bond donors (Lipinski definition) is 0. The van der Waals surface area contributed by atoms with Crippen LogP contribution in [0.1, 0.15) is 39.0 Å². The molecule has 10 heavy (non-hydrogen) atoms. The second-order valence-electron chi connectivity index (χ2n) is 2.45. The van der Waals surface area contributed by atoms with E-state index in [1.165, 1.54) is 0 Å². The first-order valence-electron chi connectivity index (χ1n) is 3.91. The fourth-order valence-electron chi connectivity index (χ4n) is 0.828. The van der Waals surface area contributed by atoms with Crippen molar-refractivity contribution in [1.29, 1.82) is 0 Å². The van der Waals surface area contributed by atoms with E-state index >= 15 is 0 Å². The number of carbonyl (C=O) groups excluding carboxylic acids is 1. The molecule has 0 saturated heterocycles. The molecular weight excluding hydrogens is 128 g/mol. The van der Waals surface area contributed by atoms with Crippen LogP contribution in [0.25, 0.3) is 0 Å². The zero-order valence-corrected chi connectivity index (χ0v) is 6.56. The standard InChI is InChI=1S/C8H15O2/c1-2-5-8(10)6-3-4-7-9/h2-7H2,1H3. The van der Waals surface area contributed by atoms with E-state index in [2.05, 4.69) is 0 Å². The second kappa shape index (κ2) is 6.75. The van der Waals surface area contributed by atoms with Gasteiger partial charge in [-0.15, -0.1) is 0 Å². The molecule has 0 aliphatic heterocycles. The molecule has 0 aliphatic rings. The monoisotopic (exact) mass is 143 g/mol. The maximum absolute atomic E-state index is 10.8. The van der Waals surface area contributed by atoms with Crippen LogP contribution in [0.2, 0.25) is 0 Å². The molecule has 1 radical (unpaired) electrons. The highest BCUT2D eigenvalue weighted by Crippen LogP contribution is 2.00. The summed E-state index contributed by atoms with van der Waals surface area (Å²) in [6.45, 7) is 1.95. The molecule has 0 atom stereocenters. The van der Waals surface area contributed by atoms with Crippen LogP contribution >= 0.6 is 0 Å². The van der Waals surface area contributed by atoms with Crippen molar-refractivity contribution < 1.29 is 9.90 Å². The van der Waals surface area contributed by atoms with Crippen molar-refractivity contribution in [2.75, 3.05) is 6.61 Å². The lowest BCUT2D eigenvalue weighted by atomic mass is 10.1. The van der Waals surface area contributed by atoms with Crippen molar-refractivity contribution in [1.82, 2.24) is 0 Å². The number of hydrogen-bond acceptors (Lipinski definition) is 1. The molecule has 2 nitrogen and oxygen atoms in total. The first kappa shape index (κ1) is 9.63. The normalized spacial score (nSPS) is 9.80. The molecule has 0 saturated carbocycles. The van der Waals surface area contributed by atoms with Gasteiger partial charge in [-0.1, -0.05) is 6.92 Å². The van der Waals surface area contributed by atoms with Gasteiger partial charge in [0.05, 0.1) is 6.61 Å². The maximum atomic E-state index is 10.8. The van der Waals surface area contributed by atoms with Gasteiger partial charge in [-0.2, -0.15) is 0 Å². The van der Waals surface area contributed by atoms with Crippen LogP contribution in [0.15, 0.2) is 0 Å². The Morgan fingerprint density at radius 3 is 2.40 bits per heavy atom. The highest BCUT2D eigenvalue weighted by Gasteiger charge is 1.98. The number of carbonyl (C=O) groups is 1. The van der Waals surface area contributed by atoms with Crippen LogP contribution in [0.3, 0.4) is 0 Å². The van der Waals surface area contributed by atoms with Crippen molar-refractivity contribution in [3.8, 4) is 0 Å². The average molecular weight is 143 g/mol. The Morgan fingerprint density at radius 2 is 1.90 bits per heavy atom. The quantitative estimate of drug-likeness (QED) is 0.523. The Balaban J connectivity index is 3.05. The summed E-state index contributed by atoms with van der Waals surface area (Å²) in [5.74, 6) is 0.302. The molecule has 0 spiro atoms. The van der Waals surface area contributed by atoms with E-state index in [4.69, 9.17) is 0 Å². The minimum atomic E-state index is -0.0423. The Labute approximate surface area is 62.2 Å². The second-order valence-corrected chi connectivity index (χ2v) is 2.45. The number of rotatable bonds is 6. The summed E-state index contributed by atoms with van der Waals surface area (Å²) < 4.78 is 0. The van der Waals surface area contributed by atoms with Crippen LogP contribution in [0.5, 0.6) is 0 Å². The minimum absolute atomic E-state index is 0.0423. The third kappa shape index (κ3) is 5.76. The molecule has 0 aromatic heterocycles. The Kier molecular flexibility index (Phi) is 6.50. The topological polar surface area (TPSA) is 37.0 Å². The van der Waals surface area contributed by atoms with Crippen molar-refractivity contribution in [3.05, 3.63) is 0 Å². The zero-order valence-electron chi connectivity index (χ0n) is 6.56. The lowest BCUT2D eigenvalue weighted by Crippen LogP contribution is -1.96. The number of Topliss-reactive ketones (excluding diaryl/α,β-unsaturated/α-hetero) is 1. The van der Waals surface area contributed by atoms with Gasteiger partial charge in [0.1, 0.15) is 5.78 Å². The highest BCUT2D eigenvalue weighted by molar-refractivity contribution is 5.78. The predicted molar refractivity (Wildman–Crippen MR) is 39.3 cm³/mol. The van der Waals surface area contributed by atoms with Gasteiger partial charge in [0, 0.05) is 12.8 Å². The molecule has 0 unspecified atom stereocenters. The summed E-state index contributed by atoms with van der Waals surface area (Å²) in [5, 5.41) is 9.96. The van der Waals surface area contributed by atoms with Crippen molar-refractivity contribution in [2.45, 2.75) is 39.0 Å². The van der Waals surface area contributed by atoms with Crippen molar-refractivity contribution in [2.24, 2.45) is 0 Å². The lowest BCUT2D eigenvalue weighted by Gasteiger charge is -1.95. The number of unbranched alkanes of at least 4 members (excludes halogenated alkanes) is 1. The van der Waals surface area contributed by atoms with Crippen LogP contribution in [0.4, 0.5) is 0 Å². The van der Waals surface area contributed by atoms with Gasteiger partial charge in [0.2, 0.25) is 0 Å². The fraction of sp³-hybridized carbons (Fsp3) is 0.875. The number of ketones is 1. The predicted octanol–water partition coefficient (Wildman–Crippen LogP) is 1.96. The minimum Gasteiger partial charge on any atom is -0.300 e. The summed E-state index contributed by atoms with van der Waals surface area (Å²) in [5.41, 5.74) is 0. The van der Waals surface area contributed by atoms with Crippen LogP contribution in [0, 0.1) is 0 Å². The molecular formula is C8H15O2. The van der Waals surface area contributed by atoms with Gasteiger partial charge >= 0.3 is 0 Å². The highest BCUT2D eigenvalue weighted by atomic mass is 16.2. The van der Waals surface area contributed by atoms with E-state index in [0.717, 1.165) is 12.8 Å². The zero-order chi connectivity index (χ0) is 7.82. The smallest absolute Gasteiger partial charge is 0.132 e. The molecule has 59 valence electrons. The average Bonchev–Trinajstić information content (AvgIpc) is 1.89. The molecule has 0 aromatic rings. The van der Waals surface area contributed by atoms with Crippen LogP contribution in [-0.2, 0) is 9.90 Å². The van der Waals surface area contributed by atoms with Gasteiger partial charge in [-0.05, 0) is 19.3 Å². The molecule has 2 heteroatoms. The maximum Gasteiger partial charge on any atom is 0.132 e. The van der Waals surface area contributed by atoms with Gasteiger partial charge in [-0.25, -0.2) is 5.11 Å². The van der Waals surface area contributed by atoms with Gasteiger partial charge in [-0.3, -0.25) is 4.79 Å². The van der Waals surface area contributed by atoms with Crippen molar-refractivity contribution >= 4 is 5.78 Å². The van der Waals surface area contributed by atoms with E-state index in [1.54, 1.807) is 0 Å². The van der Waals surface area contributed by atoms with Crippen LogP contribution in [-0.4, -0.2) is 12.4 Å². The molecule has 0 amide bonds. The van der Waals surface area contributed by atoms with Gasteiger partial charge in [0.15, 0.2) is 0 Å². The molecule has 0 aromatic carbocycles. The molecule has 0 fully saturated rings. The SMILES string of the molecule is CCCC(=O)CCCC[O]. The van der Waals surface area contributed by atoms with Crippen LogP contribution < -0.4 is 0 Å². The van der Waals surface area contributed by atoms with Gasteiger partial charge in [0.25, 0.3) is 0 Å². The molecule has 0 aliphatic carbocycles. The molecule has 0 heterocycles. The summed E-state index contributed by atoms with van der Waals surface area (Å²) >= 11 is 0. The van der Waals surface area contributed by atoms with E-state index < -0.39 is 0 Å². The van der Waals surface area contributed by atoms with Gasteiger partial charge < -0.3 is 0 Å². The largest absolute Gasteiger partial charge is 0.300 e. The van der Waals surface area contributed by atoms with E-state index in [-0.39, 0.29) is 6.61 Å². The Hall–Kier alpha value is -0.370. The molecule has 0 rings (SSSR count). The summed E-state index contributed by atoms with van der Waals surface area (Å²) in [6, 6.07) is 0. The summed E-state index contributed by atoms with van der Waals surface area (Å²) in [4.78, 5) is 10.8. The van der Waals surface area contributed by atoms with E-state index in [1.807, 2.05) is 6.92 Å². The lowest BCUT2D eigenvalue weighted by molar-refractivity contribution is -0.119. The van der Waals surface area contributed by atoms with E-state index in [0.29, 0.717) is 25.0 Å². The summed E-state index contributed by atoms with van der Waals surface area (Å²) in [6.07, 6.45) is 3.64. The Morgan fingerprint density at radius 1 is 1.20 bits per heavy atom. The summed E-state index contributed by atoms with van der Waals surface area (Å²) in [7, 11) is 0. The van der Waals surface area contributed by atoms with Crippen molar-refractivity contribution in [3.63, 3.8) is 0 Å². The molecule has 0 bridgehead atoms. The first-order chi connectivity index (χ1) is 4.81. The van der Waals surface area contributed by atoms with E-state index in [9.17, 15) is 9.90 Å². The molecule has 0 N–H and O–H groups in total. The third-order valence-corrected chi connectivity index (χ3v) is 1.38. The Bertz CT molecular complexity index is 89.3. The first-order valence-corrected chi connectivity index (χ1v) is 3.91. The fourth-order valence-corrected chi connectivity index (χ4v) is 0.828. The third-order valence-electron chi connectivity index (χ3n) is 1.38.